The second-order valence-corrected chi connectivity index (χ2v) is 25.6. The molecule has 106 heavy (non-hydrogen) atoms. The van der Waals surface area contributed by atoms with Gasteiger partial charge in [-0.2, -0.15) is 4.39 Å². The van der Waals surface area contributed by atoms with E-state index in [4.69, 9.17) is 68.4 Å². The lowest BCUT2D eigenvalue weighted by molar-refractivity contribution is -0.387. The second kappa shape index (κ2) is 33.4. The van der Waals surface area contributed by atoms with Crippen molar-refractivity contribution < 1.29 is 110 Å². The van der Waals surface area contributed by atoms with Crippen LogP contribution < -0.4 is 75.1 Å². The largest absolute Gasteiger partial charge is 0.504 e. The van der Waals surface area contributed by atoms with Crippen LogP contribution in [0.2, 0.25) is 5.02 Å². The normalized spacial score (nSPS) is 19.3. The highest BCUT2D eigenvalue weighted by Gasteiger charge is 2.41. The van der Waals surface area contributed by atoms with Crippen molar-refractivity contribution in [1.29, 1.82) is 0 Å². The first-order chi connectivity index (χ1) is 50.7. The number of phenolic OH excluding ortho intramolecular Hbond substituents is 1. The van der Waals surface area contributed by atoms with Crippen molar-refractivity contribution in [2.45, 2.75) is 81.2 Å². The molecule has 31 nitrogen and oxygen atoms in total. The van der Waals surface area contributed by atoms with Gasteiger partial charge in [0.25, 0.3) is 0 Å². The van der Waals surface area contributed by atoms with Crippen molar-refractivity contribution in [3.63, 3.8) is 0 Å². The number of aliphatic hydroxyl groups is 1. The molecule has 0 spiro atoms. The number of aliphatic hydroxyl groups excluding tert-OH is 1. The number of carbonyl (C=O) groups excluding carboxylic acids is 7. The molecule has 560 valence electrons. The number of hydrogen-bond donors (Lipinski definition) is 9. The number of fused-ring (bicyclic) bond motifs is 12. The summed E-state index contributed by atoms with van der Waals surface area (Å²) in [5.41, 5.74) is -1.99. The Kier molecular flexibility index (Phi) is 24.2. The molecule has 7 aromatic rings. The topological polar surface area (TPSA) is 398 Å². The van der Waals surface area contributed by atoms with Gasteiger partial charge in [-0.3, -0.25) is 38.9 Å². The Hall–Kier alpha value is -11.7. The molecular weight excluding hydrogens is 1410 g/mol. The van der Waals surface area contributed by atoms with Gasteiger partial charge in [0, 0.05) is 42.9 Å². The quantitative estimate of drug-likeness (QED) is 0.0161. The van der Waals surface area contributed by atoms with E-state index in [-0.39, 0.29) is 139 Å². The summed E-state index contributed by atoms with van der Waals surface area (Å²) in [5, 5.41) is 55.1. The molecular formula is C73H76ClFN8O23. The lowest BCUT2D eigenvalue weighted by atomic mass is 9.89. The number of rotatable bonds is 19. The number of hydrogen-bond acceptors (Lipinski definition) is 23. The molecule has 11 rings (SSSR count). The summed E-state index contributed by atoms with van der Waals surface area (Å²) in [6.07, 6.45) is -3.74. The van der Waals surface area contributed by atoms with Crippen LogP contribution in [0, 0.1) is 15.9 Å². The van der Waals surface area contributed by atoms with Gasteiger partial charge >= 0.3 is 11.8 Å². The molecule has 0 aliphatic carbocycles. The highest BCUT2D eigenvalue weighted by atomic mass is 35.5. The summed E-state index contributed by atoms with van der Waals surface area (Å²) in [6.45, 7) is 4.48. The van der Waals surface area contributed by atoms with Gasteiger partial charge < -0.3 is 104 Å². The smallest absolute Gasteiger partial charge is 0.408 e. The molecule has 4 aliphatic heterocycles. The number of halogens is 2. The number of nitro groups is 1. The first kappa shape index (κ1) is 76.9. The van der Waals surface area contributed by atoms with E-state index in [1.807, 2.05) is 0 Å². The summed E-state index contributed by atoms with van der Waals surface area (Å²) in [5.74, 6) is -9.43. The van der Waals surface area contributed by atoms with Crippen LogP contribution in [0.4, 0.5) is 14.9 Å². The minimum Gasteiger partial charge on any atom is -0.504 e. The van der Waals surface area contributed by atoms with E-state index in [1.54, 1.807) is 32.9 Å². The van der Waals surface area contributed by atoms with E-state index in [0.717, 1.165) is 24.3 Å². The standard InChI is InChI=1S/C73H76ClFN8O23/c1-73(2,3)106-72(92)82-60-37-13-18-54(99-8)55(28-37)104-43-24-39(23-41(30-43)96-5)61(78-66(86)48(76-67(60)87)21-35-11-15-47(75)50(22-35)83(93)94)69(89)80-62-40-27-51(84)65(101-10)57(29-40)105-53-17-14-38(26-46(53)74)64(85)63-71(91)77-49(33-103-34-102-20-19-95-4)44-31-42(97-6)32-56(100-9)58(44)45-25-36(12-16-52(45)98-7)59(68(88)81-63)79-70(62)90/h11-18,22-32,48-49,59-64,84-85H,19-21,33-34H2,1-10H3,(H,76,87)(H,77,91)(H,78,86)(H,79,90)(H,80,89)(H,81,88)(H,82,92)/t48-,49-,59-,60-,61+,62-,63+,64-/m1/s1. The number of alkyl carbamates (subject to hydrolysis) is 1. The Morgan fingerprint density at radius 1 is 0.613 bits per heavy atom. The molecule has 4 aliphatic rings. The van der Waals surface area contributed by atoms with Crippen LogP contribution >= 0.6 is 11.6 Å². The van der Waals surface area contributed by atoms with Gasteiger partial charge in [0.15, 0.2) is 23.0 Å². The predicted molar refractivity (Wildman–Crippen MR) is 374 cm³/mol. The molecule has 4 heterocycles. The summed E-state index contributed by atoms with van der Waals surface area (Å²) in [7, 11) is 9.43. The van der Waals surface area contributed by atoms with Gasteiger partial charge in [-0.25, -0.2) is 4.79 Å². The van der Waals surface area contributed by atoms with Crippen molar-refractivity contribution in [2.75, 3.05) is 76.4 Å². The number of aromatic hydroxyl groups is 1. The number of nitro benzene ring substituents is 1. The molecule has 9 N–H and O–H groups in total. The highest BCUT2D eigenvalue weighted by molar-refractivity contribution is 6.32. The number of carbonyl (C=O) groups is 7. The van der Waals surface area contributed by atoms with Gasteiger partial charge in [-0.15, -0.1) is 0 Å². The number of methoxy groups -OCH3 is 7. The minimum absolute atomic E-state index is 0.0123. The zero-order chi connectivity index (χ0) is 76.4. The summed E-state index contributed by atoms with van der Waals surface area (Å²) < 4.78 is 84.9. The van der Waals surface area contributed by atoms with E-state index in [9.17, 15) is 25.1 Å². The van der Waals surface area contributed by atoms with Crippen molar-refractivity contribution in [2.24, 2.45) is 0 Å². The summed E-state index contributed by atoms with van der Waals surface area (Å²) in [4.78, 5) is 119. The maximum Gasteiger partial charge on any atom is 0.408 e. The Morgan fingerprint density at radius 2 is 1.29 bits per heavy atom. The zero-order valence-electron chi connectivity index (χ0n) is 58.8. The van der Waals surface area contributed by atoms with Crippen molar-refractivity contribution in [1.82, 2.24) is 37.2 Å². The van der Waals surface area contributed by atoms with E-state index < -0.39 is 124 Å². The molecule has 12 bridgehead atoms. The number of ether oxygens (including phenoxy) is 12. The van der Waals surface area contributed by atoms with E-state index >= 15 is 33.2 Å². The molecule has 0 saturated carbocycles. The lowest BCUT2D eigenvalue weighted by Crippen LogP contribution is -2.55. The molecule has 0 saturated heterocycles. The first-order valence-electron chi connectivity index (χ1n) is 32.6. The average molecular weight is 1490 g/mol. The first-order valence-corrected chi connectivity index (χ1v) is 33.0. The van der Waals surface area contributed by atoms with Crippen molar-refractivity contribution in [3.05, 3.63) is 175 Å². The third-order valence-corrected chi connectivity index (χ3v) is 17.3. The monoisotopic (exact) mass is 1490 g/mol. The molecule has 0 radical (unpaired) electrons. The van der Waals surface area contributed by atoms with Gasteiger partial charge in [0.2, 0.25) is 47.0 Å². The average Bonchev–Trinajstić information content (AvgIpc) is 0.747. The molecule has 7 aromatic carbocycles. The van der Waals surface area contributed by atoms with Crippen LogP contribution in [-0.2, 0) is 54.1 Å². The lowest BCUT2D eigenvalue weighted by Gasteiger charge is -2.32. The predicted octanol–water partition coefficient (Wildman–Crippen LogP) is 7.92. The number of nitrogens with one attached hydrogen (secondary N) is 7. The van der Waals surface area contributed by atoms with Crippen LogP contribution in [0.15, 0.2) is 115 Å². The molecule has 33 heteroatoms. The Bertz CT molecular complexity index is 4540. The number of phenols is 1. The van der Waals surface area contributed by atoms with Crippen LogP contribution in [0.25, 0.3) is 11.1 Å². The van der Waals surface area contributed by atoms with Crippen LogP contribution in [0.3, 0.4) is 0 Å². The van der Waals surface area contributed by atoms with Crippen molar-refractivity contribution in [3.8, 4) is 74.4 Å². The molecule has 8 atom stereocenters. The molecule has 0 aromatic heterocycles. The van der Waals surface area contributed by atoms with E-state index in [2.05, 4.69) is 37.2 Å². The van der Waals surface area contributed by atoms with Crippen LogP contribution in [0.5, 0.6) is 63.2 Å². The van der Waals surface area contributed by atoms with Gasteiger partial charge in [0.05, 0.1) is 78.5 Å². The Morgan fingerprint density at radius 3 is 1.98 bits per heavy atom. The summed E-state index contributed by atoms with van der Waals surface area (Å²) in [6, 6.07) is 11.5. The van der Waals surface area contributed by atoms with Crippen LogP contribution in [-0.4, -0.2) is 151 Å². The summed E-state index contributed by atoms with van der Waals surface area (Å²) >= 11 is 6.97. The fraction of sp³-hybridized carbons (Fsp3) is 0.329. The Balaban J connectivity index is 1.17. The van der Waals surface area contributed by atoms with Gasteiger partial charge in [0.1, 0.15) is 89.2 Å². The highest BCUT2D eigenvalue weighted by Crippen LogP contribution is 2.48. The van der Waals surface area contributed by atoms with E-state index in [0.29, 0.717) is 0 Å². The molecule has 0 fully saturated rings. The number of benzene rings is 7. The zero-order valence-corrected chi connectivity index (χ0v) is 59.6. The van der Waals surface area contributed by atoms with Gasteiger partial charge in [-0.1, -0.05) is 35.9 Å². The SMILES string of the molecule is COCCOCOC[C@H]1NC(=O)[C@H]2NC(=O)[C@H](NC(=O)[C@H](NC(=O)[C@H]3NC(=O)[C@@H](Cc4ccc(F)c([N+](=O)[O-])c4)NC(=O)[C@H](NC(=O)OC(C)(C)C)c4ccc(OC)c(c4)Oc4cc(OC)cc3c4)c3cc(O)c(OC)c(c3)Oc3ccc(cc3Cl)[C@H]2O)c2ccc(OC)c(c2)-c2c(OC)cc(OC)cc21. The number of amides is 7. The molecule has 7 amide bonds. The fourth-order valence-corrected chi connectivity index (χ4v) is 12.2. The molecule has 0 unspecified atom stereocenters. The second-order valence-electron chi connectivity index (χ2n) is 25.2. The maximum atomic E-state index is 16.1. The fourth-order valence-electron chi connectivity index (χ4n) is 12.0. The third kappa shape index (κ3) is 17.6. The maximum absolute atomic E-state index is 16.1. The van der Waals surface area contributed by atoms with Crippen molar-refractivity contribution >= 4 is 58.8 Å². The van der Waals surface area contributed by atoms with E-state index in [1.165, 1.54) is 129 Å². The van der Waals surface area contributed by atoms with Gasteiger partial charge in [-0.05, 0) is 133 Å². The minimum atomic E-state index is -2.16. The van der Waals surface area contributed by atoms with Crippen LogP contribution in [0.1, 0.15) is 96.0 Å². The number of nitrogens with zero attached hydrogens (tertiary/aromatic N) is 1. The third-order valence-electron chi connectivity index (χ3n) is 17.0. The Labute approximate surface area is 610 Å².